The average molecular weight is 351 g/mol. The van der Waals surface area contributed by atoms with Crippen LogP contribution >= 0.6 is 23.2 Å². The van der Waals surface area contributed by atoms with Gasteiger partial charge in [-0.2, -0.15) is 0 Å². The van der Waals surface area contributed by atoms with E-state index in [1.165, 1.54) is 18.9 Å². The third kappa shape index (κ3) is 4.57. The molecule has 118 valence electrons. The van der Waals surface area contributed by atoms with E-state index in [-0.39, 0.29) is 20.9 Å². The van der Waals surface area contributed by atoms with Crippen LogP contribution in [0.15, 0.2) is 23.1 Å². The highest BCUT2D eigenvalue weighted by Gasteiger charge is 2.21. The maximum Gasteiger partial charge on any atom is 0.242 e. The van der Waals surface area contributed by atoms with E-state index >= 15 is 0 Å². The van der Waals surface area contributed by atoms with Crippen LogP contribution in [0.5, 0.6) is 0 Å². The van der Waals surface area contributed by atoms with Crippen LogP contribution in [0.3, 0.4) is 0 Å². The molecular weight excluding hydrogens is 331 g/mol. The van der Waals surface area contributed by atoms with Gasteiger partial charge in [-0.3, -0.25) is 0 Å². The number of sulfonamides is 1. The van der Waals surface area contributed by atoms with Gasteiger partial charge in [0.2, 0.25) is 10.0 Å². The van der Waals surface area contributed by atoms with Crippen LogP contribution in [0.4, 0.5) is 0 Å². The molecule has 2 rings (SSSR count). The summed E-state index contributed by atoms with van der Waals surface area (Å²) < 4.78 is 27.2. The SMILES string of the molecule is CC(CNS(=O)(=O)c1cccc(Cl)c1Cl)CN1CCCC1. The monoisotopic (exact) mass is 350 g/mol. The van der Waals surface area contributed by atoms with Gasteiger partial charge in [-0.05, 0) is 44.0 Å². The zero-order valence-corrected chi connectivity index (χ0v) is 14.3. The van der Waals surface area contributed by atoms with E-state index in [4.69, 9.17) is 23.2 Å². The molecule has 1 fully saturated rings. The van der Waals surface area contributed by atoms with E-state index < -0.39 is 10.0 Å². The fourth-order valence-corrected chi connectivity index (χ4v) is 4.42. The molecule has 0 aliphatic carbocycles. The molecular formula is C14H20Cl2N2O2S. The Bertz CT molecular complexity index is 587. The van der Waals surface area contributed by atoms with Crippen molar-refractivity contribution < 1.29 is 8.42 Å². The first-order valence-corrected chi connectivity index (χ1v) is 9.30. The number of likely N-dealkylation sites (tertiary alicyclic amines) is 1. The zero-order valence-electron chi connectivity index (χ0n) is 12.0. The normalized spacial score (nSPS) is 18.0. The fraction of sp³-hybridized carbons (Fsp3) is 0.571. The molecule has 0 saturated carbocycles. The minimum absolute atomic E-state index is 0.0324. The van der Waals surface area contributed by atoms with Crippen LogP contribution in [0.1, 0.15) is 19.8 Å². The molecule has 1 aromatic rings. The van der Waals surface area contributed by atoms with Crippen molar-refractivity contribution in [3.8, 4) is 0 Å². The van der Waals surface area contributed by atoms with Gasteiger partial charge in [-0.15, -0.1) is 0 Å². The van der Waals surface area contributed by atoms with Crippen molar-refractivity contribution in [1.82, 2.24) is 9.62 Å². The van der Waals surface area contributed by atoms with Crippen LogP contribution in [0.2, 0.25) is 10.0 Å². The van der Waals surface area contributed by atoms with Gasteiger partial charge in [0.1, 0.15) is 4.90 Å². The Kier molecular flexibility index (Phi) is 5.91. The molecule has 21 heavy (non-hydrogen) atoms. The molecule has 0 aromatic heterocycles. The van der Waals surface area contributed by atoms with E-state index in [1.807, 2.05) is 6.92 Å². The van der Waals surface area contributed by atoms with Crippen molar-refractivity contribution >= 4 is 33.2 Å². The Balaban J connectivity index is 1.96. The predicted octanol–water partition coefficient (Wildman–Crippen LogP) is 3.00. The van der Waals surface area contributed by atoms with Gasteiger partial charge >= 0.3 is 0 Å². The Morgan fingerprint density at radius 2 is 1.95 bits per heavy atom. The largest absolute Gasteiger partial charge is 0.303 e. The predicted molar refractivity (Wildman–Crippen MR) is 86.5 cm³/mol. The summed E-state index contributed by atoms with van der Waals surface area (Å²) in [6.07, 6.45) is 2.47. The van der Waals surface area contributed by atoms with E-state index in [2.05, 4.69) is 9.62 Å². The molecule has 1 aliphatic rings. The lowest BCUT2D eigenvalue weighted by molar-refractivity contribution is 0.288. The molecule has 1 saturated heterocycles. The summed E-state index contributed by atoms with van der Waals surface area (Å²) in [4.78, 5) is 2.40. The van der Waals surface area contributed by atoms with Gasteiger partial charge in [-0.1, -0.05) is 36.2 Å². The Hall–Kier alpha value is -0.330. The highest BCUT2D eigenvalue weighted by molar-refractivity contribution is 7.89. The summed E-state index contributed by atoms with van der Waals surface area (Å²) in [6, 6.07) is 4.61. The Labute approximate surface area is 136 Å². The Morgan fingerprint density at radius 1 is 1.29 bits per heavy atom. The van der Waals surface area contributed by atoms with E-state index in [1.54, 1.807) is 12.1 Å². The second kappa shape index (κ2) is 7.29. The molecule has 4 nitrogen and oxygen atoms in total. The molecule has 1 heterocycles. The van der Waals surface area contributed by atoms with Gasteiger partial charge in [0.15, 0.2) is 0 Å². The number of rotatable bonds is 6. The number of nitrogens with one attached hydrogen (secondary N) is 1. The number of hydrogen-bond donors (Lipinski definition) is 1. The van der Waals surface area contributed by atoms with E-state index in [9.17, 15) is 8.42 Å². The molecule has 1 N–H and O–H groups in total. The first kappa shape index (κ1) is 17.0. The van der Waals surface area contributed by atoms with E-state index in [0.29, 0.717) is 6.54 Å². The highest BCUT2D eigenvalue weighted by atomic mass is 35.5. The van der Waals surface area contributed by atoms with Crippen LogP contribution in [0, 0.1) is 5.92 Å². The highest BCUT2D eigenvalue weighted by Crippen LogP contribution is 2.28. The molecule has 1 aliphatic heterocycles. The van der Waals surface area contributed by atoms with Crippen molar-refractivity contribution in [2.75, 3.05) is 26.2 Å². The lowest BCUT2D eigenvalue weighted by Crippen LogP contribution is -2.34. The molecule has 7 heteroatoms. The average Bonchev–Trinajstić information content (AvgIpc) is 2.92. The first-order valence-electron chi connectivity index (χ1n) is 7.06. The van der Waals surface area contributed by atoms with Crippen molar-refractivity contribution in [2.24, 2.45) is 5.92 Å². The first-order chi connectivity index (χ1) is 9.90. The summed E-state index contributed by atoms with van der Waals surface area (Å²) >= 11 is 11.8. The van der Waals surface area contributed by atoms with Gasteiger partial charge in [-0.25, -0.2) is 13.1 Å². The van der Waals surface area contributed by atoms with Crippen molar-refractivity contribution in [3.05, 3.63) is 28.2 Å². The van der Waals surface area contributed by atoms with Gasteiger partial charge < -0.3 is 4.90 Å². The summed E-state index contributed by atoms with van der Waals surface area (Å²) in [6.45, 7) is 5.56. The minimum atomic E-state index is -3.63. The quantitative estimate of drug-likeness (QED) is 0.857. The van der Waals surface area contributed by atoms with Crippen LogP contribution < -0.4 is 4.72 Å². The van der Waals surface area contributed by atoms with Gasteiger partial charge in [0, 0.05) is 13.1 Å². The maximum atomic E-state index is 12.3. The summed E-state index contributed by atoms with van der Waals surface area (Å²) in [5, 5.41) is 0.309. The van der Waals surface area contributed by atoms with Crippen molar-refractivity contribution in [1.29, 1.82) is 0 Å². The van der Waals surface area contributed by atoms with Crippen LogP contribution in [-0.2, 0) is 10.0 Å². The third-order valence-corrected chi connectivity index (χ3v) is 5.99. The molecule has 1 unspecified atom stereocenters. The minimum Gasteiger partial charge on any atom is -0.303 e. The molecule has 1 aromatic carbocycles. The molecule has 0 spiro atoms. The summed E-state index contributed by atoms with van der Waals surface area (Å²) in [7, 11) is -3.63. The molecule has 1 atom stereocenters. The molecule has 0 amide bonds. The number of benzene rings is 1. The second-order valence-corrected chi connectivity index (χ2v) is 8.04. The van der Waals surface area contributed by atoms with Crippen LogP contribution in [-0.4, -0.2) is 39.5 Å². The van der Waals surface area contributed by atoms with Crippen LogP contribution in [0.25, 0.3) is 0 Å². The zero-order chi connectivity index (χ0) is 15.5. The number of halogens is 2. The number of nitrogens with zero attached hydrogens (tertiary/aromatic N) is 1. The molecule has 0 bridgehead atoms. The maximum absolute atomic E-state index is 12.3. The van der Waals surface area contributed by atoms with Crippen molar-refractivity contribution in [3.63, 3.8) is 0 Å². The fourth-order valence-electron chi connectivity index (χ4n) is 2.49. The third-order valence-electron chi connectivity index (χ3n) is 3.60. The van der Waals surface area contributed by atoms with Crippen molar-refractivity contribution in [2.45, 2.75) is 24.7 Å². The summed E-state index contributed by atoms with van der Waals surface area (Å²) in [5.41, 5.74) is 0. The topological polar surface area (TPSA) is 49.4 Å². The second-order valence-electron chi connectivity index (χ2n) is 5.52. The summed E-state index contributed by atoms with van der Waals surface area (Å²) in [5.74, 6) is 0.246. The lowest BCUT2D eigenvalue weighted by Gasteiger charge is -2.20. The van der Waals surface area contributed by atoms with Gasteiger partial charge in [0.25, 0.3) is 0 Å². The molecule has 0 radical (unpaired) electrons. The lowest BCUT2D eigenvalue weighted by atomic mass is 10.2. The smallest absolute Gasteiger partial charge is 0.242 e. The Morgan fingerprint density at radius 3 is 2.62 bits per heavy atom. The van der Waals surface area contributed by atoms with Gasteiger partial charge in [0.05, 0.1) is 10.0 Å². The number of hydrogen-bond acceptors (Lipinski definition) is 3. The standard InChI is InChI=1S/C14H20Cl2N2O2S/c1-11(10-18-7-2-3-8-18)9-17-21(19,20)13-6-4-5-12(15)14(13)16/h4-6,11,17H,2-3,7-10H2,1H3. The van der Waals surface area contributed by atoms with E-state index in [0.717, 1.165) is 19.6 Å².